The highest BCUT2D eigenvalue weighted by molar-refractivity contribution is 8.03. The molecule has 0 radical (unpaired) electrons. The maximum atomic E-state index is 5.44. The van der Waals surface area contributed by atoms with Crippen molar-refractivity contribution in [3.8, 4) is 17.1 Å². The Hall–Kier alpha value is -3.71. The Morgan fingerprint density at radius 3 is 2.65 bits per heavy atom. The van der Waals surface area contributed by atoms with Crippen molar-refractivity contribution in [3.05, 3.63) is 83.5 Å². The molecule has 4 aromatic rings. The van der Waals surface area contributed by atoms with Crippen molar-refractivity contribution in [1.82, 2.24) is 15.0 Å². The largest absolute Gasteiger partial charge is 0.497 e. The Labute approximate surface area is 204 Å². The molecule has 0 amide bonds. The minimum Gasteiger partial charge on any atom is -0.497 e. The van der Waals surface area contributed by atoms with Crippen molar-refractivity contribution < 1.29 is 4.74 Å². The van der Waals surface area contributed by atoms with Crippen LogP contribution < -0.4 is 10.1 Å². The number of pyridine rings is 1. The third-order valence-corrected chi connectivity index (χ3v) is 6.29. The van der Waals surface area contributed by atoms with E-state index >= 15 is 0 Å². The Morgan fingerprint density at radius 2 is 1.94 bits per heavy atom. The first kappa shape index (κ1) is 23.4. The van der Waals surface area contributed by atoms with Crippen LogP contribution >= 0.6 is 11.8 Å². The summed E-state index contributed by atoms with van der Waals surface area (Å²) in [5.41, 5.74) is 3.71. The average molecular weight is 470 g/mol. The molecule has 4 rings (SSSR count). The summed E-state index contributed by atoms with van der Waals surface area (Å²) in [5.74, 6) is 2.76. The van der Waals surface area contributed by atoms with E-state index < -0.39 is 0 Å². The molecule has 0 aliphatic heterocycles. The van der Waals surface area contributed by atoms with Crippen molar-refractivity contribution in [2.24, 2.45) is 4.99 Å². The number of methoxy groups -OCH3 is 1. The molecule has 0 saturated carbocycles. The molecule has 0 atom stereocenters. The van der Waals surface area contributed by atoms with Crippen molar-refractivity contribution in [2.45, 2.75) is 19.8 Å². The number of nitrogens with one attached hydrogen (secondary N) is 1. The van der Waals surface area contributed by atoms with Crippen molar-refractivity contribution >= 4 is 40.9 Å². The molecule has 34 heavy (non-hydrogen) atoms. The SMILES string of the molecule is C=N/C(=C(/CCC)SCNc1nc(-c2cccnc2)nc2ccc(OC)cc12)c1ccccc1. The highest BCUT2D eigenvalue weighted by Gasteiger charge is 2.13. The monoisotopic (exact) mass is 469 g/mol. The number of allylic oxidation sites excluding steroid dienone is 1. The van der Waals surface area contributed by atoms with Crippen LogP contribution in [0, 0.1) is 0 Å². The number of hydrogen-bond acceptors (Lipinski definition) is 7. The summed E-state index contributed by atoms with van der Waals surface area (Å²) in [6.07, 6.45) is 5.46. The third kappa shape index (κ3) is 5.43. The van der Waals surface area contributed by atoms with Crippen LogP contribution in [0.4, 0.5) is 5.82 Å². The number of aliphatic imine (C=N–C) groups is 1. The molecule has 0 spiro atoms. The molecule has 2 aromatic carbocycles. The van der Waals surface area contributed by atoms with Crippen molar-refractivity contribution in [2.75, 3.05) is 18.3 Å². The molecule has 0 aliphatic rings. The van der Waals surface area contributed by atoms with Gasteiger partial charge in [-0.2, -0.15) is 0 Å². The lowest BCUT2D eigenvalue weighted by atomic mass is 10.1. The average Bonchev–Trinajstić information content (AvgIpc) is 2.90. The van der Waals surface area contributed by atoms with Crippen LogP contribution in [-0.4, -0.2) is 34.7 Å². The molecule has 6 nitrogen and oxygen atoms in total. The van der Waals surface area contributed by atoms with Gasteiger partial charge in [0.1, 0.15) is 11.6 Å². The molecule has 7 heteroatoms. The second kappa shape index (κ2) is 11.4. The highest BCUT2D eigenvalue weighted by atomic mass is 32.2. The zero-order valence-corrected chi connectivity index (χ0v) is 20.2. The van der Waals surface area contributed by atoms with Gasteiger partial charge in [0, 0.05) is 33.8 Å². The van der Waals surface area contributed by atoms with Crippen LogP contribution in [0.2, 0.25) is 0 Å². The zero-order valence-electron chi connectivity index (χ0n) is 19.4. The van der Waals surface area contributed by atoms with Crippen LogP contribution in [0.1, 0.15) is 25.3 Å². The second-order valence-electron chi connectivity index (χ2n) is 7.53. The number of aromatic nitrogens is 3. The lowest BCUT2D eigenvalue weighted by Crippen LogP contribution is -2.04. The van der Waals surface area contributed by atoms with Crippen LogP contribution in [-0.2, 0) is 0 Å². The predicted octanol–water partition coefficient (Wildman–Crippen LogP) is 6.67. The number of nitrogens with zero attached hydrogens (tertiary/aromatic N) is 4. The van der Waals surface area contributed by atoms with Gasteiger partial charge < -0.3 is 10.1 Å². The van der Waals surface area contributed by atoms with Gasteiger partial charge in [0.2, 0.25) is 0 Å². The van der Waals surface area contributed by atoms with Gasteiger partial charge in [-0.25, -0.2) is 9.97 Å². The van der Waals surface area contributed by atoms with Gasteiger partial charge in [0.15, 0.2) is 5.82 Å². The maximum Gasteiger partial charge on any atom is 0.163 e. The Kier molecular flexibility index (Phi) is 7.88. The van der Waals surface area contributed by atoms with Gasteiger partial charge in [0.25, 0.3) is 0 Å². The lowest BCUT2D eigenvalue weighted by molar-refractivity contribution is 0.415. The van der Waals surface area contributed by atoms with Gasteiger partial charge in [0.05, 0.1) is 24.2 Å². The quantitative estimate of drug-likeness (QED) is 0.206. The molecule has 0 saturated heterocycles. The predicted molar refractivity (Wildman–Crippen MR) is 143 cm³/mol. The first-order chi connectivity index (χ1) is 16.7. The van der Waals surface area contributed by atoms with Gasteiger partial charge in [-0.05, 0) is 43.5 Å². The molecule has 0 fully saturated rings. The van der Waals surface area contributed by atoms with Gasteiger partial charge in [-0.1, -0.05) is 43.7 Å². The van der Waals surface area contributed by atoms with E-state index in [9.17, 15) is 0 Å². The molecule has 172 valence electrons. The van der Waals surface area contributed by atoms with Crippen LogP contribution in [0.25, 0.3) is 28.0 Å². The van der Waals surface area contributed by atoms with E-state index in [0.717, 1.165) is 52.1 Å². The third-order valence-electron chi connectivity index (χ3n) is 5.26. The maximum absolute atomic E-state index is 5.44. The number of hydrogen-bond donors (Lipinski definition) is 1. The molecular weight excluding hydrogens is 442 g/mol. The van der Waals surface area contributed by atoms with Gasteiger partial charge in [-0.3, -0.25) is 9.98 Å². The molecule has 0 unspecified atom stereocenters. The van der Waals surface area contributed by atoms with Crippen LogP contribution in [0.3, 0.4) is 0 Å². The lowest BCUT2D eigenvalue weighted by Gasteiger charge is -2.14. The minimum absolute atomic E-state index is 0.622. The minimum atomic E-state index is 0.622. The highest BCUT2D eigenvalue weighted by Crippen LogP contribution is 2.33. The van der Waals surface area contributed by atoms with Crippen molar-refractivity contribution in [3.63, 3.8) is 0 Å². The summed E-state index contributed by atoms with van der Waals surface area (Å²) >= 11 is 1.72. The van der Waals surface area contributed by atoms with E-state index in [1.54, 1.807) is 31.3 Å². The summed E-state index contributed by atoms with van der Waals surface area (Å²) in [5, 5.41) is 4.41. The summed E-state index contributed by atoms with van der Waals surface area (Å²) in [6, 6.07) is 19.8. The fraction of sp³-hybridized carbons (Fsp3) is 0.185. The van der Waals surface area contributed by atoms with E-state index in [0.29, 0.717) is 11.7 Å². The van der Waals surface area contributed by atoms with Gasteiger partial charge in [-0.15, -0.1) is 11.8 Å². The Morgan fingerprint density at radius 1 is 1.09 bits per heavy atom. The van der Waals surface area contributed by atoms with E-state index in [2.05, 4.69) is 41.1 Å². The van der Waals surface area contributed by atoms with Gasteiger partial charge >= 0.3 is 0 Å². The number of thioether (sulfide) groups is 1. The molecule has 2 aromatic heterocycles. The van der Waals surface area contributed by atoms with E-state index in [1.165, 1.54) is 4.91 Å². The van der Waals surface area contributed by atoms with Crippen molar-refractivity contribution in [1.29, 1.82) is 0 Å². The number of ether oxygens (including phenoxy) is 1. The number of benzene rings is 2. The first-order valence-corrected chi connectivity index (χ1v) is 12.1. The number of fused-ring (bicyclic) bond motifs is 1. The summed E-state index contributed by atoms with van der Waals surface area (Å²) in [4.78, 5) is 19.3. The van der Waals surface area contributed by atoms with E-state index in [4.69, 9.17) is 14.7 Å². The van der Waals surface area contributed by atoms with E-state index in [1.807, 2.05) is 48.5 Å². The summed E-state index contributed by atoms with van der Waals surface area (Å²) in [7, 11) is 1.66. The summed E-state index contributed by atoms with van der Waals surface area (Å²) < 4.78 is 5.44. The molecule has 0 aliphatic carbocycles. The smallest absolute Gasteiger partial charge is 0.163 e. The Bertz CT molecular complexity index is 1290. The standard InChI is InChI=1S/C27H27N5OS/c1-4-9-24(25(28-2)19-10-6-5-7-11-19)34-18-30-27-22-16-21(33-3)13-14-23(22)31-26(32-27)20-12-8-15-29-17-20/h5-8,10-17H,2,4,9,18H2,1,3H3,(H,30,31,32)/b25-24-. The van der Waals surface area contributed by atoms with E-state index in [-0.39, 0.29) is 0 Å². The Balaban J connectivity index is 1.66. The molecular formula is C27H27N5OS. The fourth-order valence-electron chi connectivity index (χ4n) is 3.61. The fourth-order valence-corrected chi connectivity index (χ4v) is 4.66. The summed E-state index contributed by atoms with van der Waals surface area (Å²) in [6.45, 7) is 6.00. The van der Waals surface area contributed by atoms with Crippen LogP contribution in [0.15, 0.2) is 83.0 Å². The molecule has 1 N–H and O–H groups in total. The molecule has 0 bridgehead atoms. The number of anilines is 1. The zero-order chi connectivity index (χ0) is 23.8. The molecule has 2 heterocycles. The topological polar surface area (TPSA) is 72.3 Å². The normalized spacial score (nSPS) is 11.7. The second-order valence-corrected chi connectivity index (χ2v) is 8.60. The van der Waals surface area contributed by atoms with Crippen LogP contribution in [0.5, 0.6) is 5.75 Å². The number of rotatable bonds is 10. The first-order valence-electron chi connectivity index (χ1n) is 11.1.